The highest BCUT2D eigenvalue weighted by Crippen LogP contribution is 2.23. The van der Waals surface area contributed by atoms with Crippen molar-refractivity contribution in [3.05, 3.63) is 89.2 Å². The molecular weight excluding hydrogens is 403 g/mol. The Morgan fingerprint density at radius 3 is 2.40 bits per heavy atom. The maximum Gasteiger partial charge on any atom is 0.246 e. The Balaban J connectivity index is 1.20. The van der Waals surface area contributed by atoms with E-state index in [4.69, 9.17) is 9.47 Å². The second-order valence-corrected chi connectivity index (χ2v) is 7.66. The lowest BCUT2D eigenvalue weighted by Crippen LogP contribution is -2.27. The molecule has 0 aliphatic heterocycles. The minimum Gasteiger partial charge on any atom is -0.457 e. The van der Waals surface area contributed by atoms with Gasteiger partial charge >= 0.3 is 0 Å². The van der Waals surface area contributed by atoms with Gasteiger partial charge in [-0.05, 0) is 54.1 Å². The molecule has 1 heterocycles. The van der Waals surface area contributed by atoms with Crippen molar-refractivity contribution in [3.63, 3.8) is 0 Å². The molecule has 1 N–H and O–H groups in total. The van der Waals surface area contributed by atoms with E-state index in [0.717, 1.165) is 20.8 Å². The van der Waals surface area contributed by atoms with Gasteiger partial charge in [-0.1, -0.05) is 24.3 Å². The Bertz CT molecular complexity index is 1090. The largest absolute Gasteiger partial charge is 0.457 e. The van der Waals surface area contributed by atoms with Crippen LogP contribution in [-0.2, 0) is 22.7 Å². The van der Waals surface area contributed by atoms with Gasteiger partial charge in [0, 0.05) is 6.54 Å². The number of para-hydroxylation sites is 1. The summed E-state index contributed by atoms with van der Waals surface area (Å²) < 4.78 is 25.2. The number of fused-ring (bicyclic) bond motifs is 1. The molecule has 0 spiro atoms. The van der Waals surface area contributed by atoms with Crippen LogP contribution in [0.15, 0.2) is 72.8 Å². The van der Waals surface area contributed by atoms with E-state index in [9.17, 15) is 9.18 Å². The quantitative estimate of drug-likeness (QED) is 0.431. The van der Waals surface area contributed by atoms with Crippen LogP contribution in [0.2, 0.25) is 0 Å². The second kappa shape index (κ2) is 9.47. The molecule has 5 nitrogen and oxygen atoms in total. The Morgan fingerprint density at radius 1 is 0.967 bits per heavy atom. The molecule has 0 saturated carbocycles. The number of carbonyl (C=O) groups excluding carboxylic acids is 1. The highest BCUT2D eigenvalue weighted by molar-refractivity contribution is 7.18. The first kappa shape index (κ1) is 20.0. The van der Waals surface area contributed by atoms with Gasteiger partial charge in [-0.25, -0.2) is 9.37 Å². The average Bonchev–Trinajstić information content (AvgIpc) is 3.18. The maximum atomic E-state index is 12.9. The number of benzene rings is 3. The van der Waals surface area contributed by atoms with Crippen LogP contribution < -0.4 is 10.1 Å². The highest BCUT2D eigenvalue weighted by atomic mass is 32.1. The van der Waals surface area contributed by atoms with Gasteiger partial charge in [0.05, 0.1) is 16.8 Å². The molecule has 0 aliphatic carbocycles. The molecule has 152 valence electrons. The average molecular weight is 422 g/mol. The second-order valence-electron chi connectivity index (χ2n) is 6.54. The predicted octanol–water partition coefficient (Wildman–Crippen LogP) is 5.06. The van der Waals surface area contributed by atoms with Crippen LogP contribution in [0.1, 0.15) is 10.6 Å². The van der Waals surface area contributed by atoms with Gasteiger partial charge in [0.1, 0.15) is 28.9 Å². The molecule has 0 saturated heterocycles. The summed E-state index contributed by atoms with van der Waals surface area (Å²) in [5.41, 5.74) is 1.87. The van der Waals surface area contributed by atoms with Crippen molar-refractivity contribution in [2.75, 3.05) is 6.61 Å². The number of halogens is 1. The van der Waals surface area contributed by atoms with E-state index in [1.165, 1.54) is 12.1 Å². The van der Waals surface area contributed by atoms with Crippen LogP contribution >= 0.6 is 11.3 Å². The van der Waals surface area contributed by atoms with Crippen molar-refractivity contribution < 1.29 is 18.7 Å². The molecule has 1 amide bonds. The third-order valence-corrected chi connectivity index (χ3v) is 5.27. The number of aromatic nitrogens is 1. The summed E-state index contributed by atoms with van der Waals surface area (Å²) in [6, 6.07) is 21.0. The van der Waals surface area contributed by atoms with E-state index in [-0.39, 0.29) is 18.3 Å². The van der Waals surface area contributed by atoms with E-state index < -0.39 is 0 Å². The Labute approximate surface area is 177 Å². The lowest BCUT2D eigenvalue weighted by Gasteiger charge is -2.08. The lowest BCUT2D eigenvalue weighted by atomic mass is 10.2. The van der Waals surface area contributed by atoms with E-state index >= 15 is 0 Å². The van der Waals surface area contributed by atoms with Crippen molar-refractivity contribution in [2.24, 2.45) is 0 Å². The van der Waals surface area contributed by atoms with E-state index in [1.54, 1.807) is 35.6 Å². The molecule has 0 aliphatic rings. The molecule has 0 radical (unpaired) electrons. The Kier molecular flexibility index (Phi) is 6.32. The fourth-order valence-electron chi connectivity index (χ4n) is 2.78. The number of hydrogen-bond donors (Lipinski definition) is 1. The van der Waals surface area contributed by atoms with Crippen molar-refractivity contribution in [1.29, 1.82) is 0 Å². The summed E-state index contributed by atoms with van der Waals surface area (Å²) >= 11 is 1.56. The summed E-state index contributed by atoms with van der Waals surface area (Å²) in [7, 11) is 0. The standard InChI is InChI=1S/C23H19FN2O3S/c24-17-7-11-19(12-8-17)29-18-9-5-16(6-10-18)13-25-22(27)14-28-15-23-26-20-3-1-2-4-21(20)30-23/h1-12H,13-15H2,(H,25,27). The summed E-state index contributed by atoms with van der Waals surface area (Å²) in [5, 5.41) is 3.67. The van der Waals surface area contributed by atoms with Crippen LogP contribution in [0.5, 0.6) is 11.5 Å². The molecule has 3 aromatic carbocycles. The molecule has 0 unspecified atom stereocenters. The third-order valence-electron chi connectivity index (χ3n) is 4.26. The molecule has 1 aromatic heterocycles. The van der Waals surface area contributed by atoms with Gasteiger partial charge in [-0.15, -0.1) is 11.3 Å². The van der Waals surface area contributed by atoms with Crippen molar-refractivity contribution in [2.45, 2.75) is 13.2 Å². The van der Waals surface area contributed by atoms with Gasteiger partial charge in [0.15, 0.2) is 0 Å². The fraction of sp³-hybridized carbons (Fsp3) is 0.130. The van der Waals surface area contributed by atoms with Gasteiger partial charge in [0.25, 0.3) is 0 Å². The number of nitrogens with one attached hydrogen (secondary N) is 1. The first-order valence-corrected chi connectivity index (χ1v) is 10.2. The van der Waals surface area contributed by atoms with E-state index in [2.05, 4.69) is 10.3 Å². The van der Waals surface area contributed by atoms with Gasteiger partial charge in [-0.2, -0.15) is 0 Å². The molecule has 7 heteroatoms. The minimum absolute atomic E-state index is 0.0261. The van der Waals surface area contributed by atoms with Crippen LogP contribution in [0.4, 0.5) is 4.39 Å². The minimum atomic E-state index is -0.308. The summed E-state index contributed by atoms with van der Waals surface area (Å²) in [6.45, 7) is 0.671. The Hall–Kier alpha value is -3.29. The SMILES string of the molecule is O=C(COCc1nc2ccccc2s1)NCc1ccc(Oc2ccc(F)cc2)cc1. The van der Waals surface area contributed by atoms with Crippen LogP contribution in [0.3, 0.4) is 0 Å². The normalized spacial score (nSPS) is 10.8. The predicted molar refractivity (Wildman–Crippen MR) is 114 cm³/mol. The van der Waals surface area contributed by atoms with Crippen molar-refractivity contribution >= 4 is 27.5 Å². The molecule has 0 bridgehead atoms. The summed E-state index contributed by atoms with van der Waals surface area (Å²) in [5.74, 6) is 0.693. The molecule has 0 atom stereocenters. The number of rotatable bonds is 8. The van der Waals surface area contributed by atoms with Crippen molar-refractivity contribution in [1.82, 2.24) is 10.3 Å². The lowest BCUT2D eigenvalue weighted by molar-refractivity contribution is -0.126. The van der Waals surface area contributed by atoms with E-state index in [0.29, 0.717) is 24.7 Å². The van der Waals surface area contributed by atoms with Crippen LogP contribution in [0.25, 0.3) is 10.2 Å². The van der Waals surface area contributed by atoms with Gasteiger partial charge in [-0.3, -0.25) is 4.79 Å². The van der Waals surface area contributed by atoms with Crippen molar-refractivity contribution in [3.8, 4) is 11.5 Å². The number of carbonyl (C=O) groups is 1. The Morgan fingerprint density at radius 2 is 1.67 bits per heavy atom. The number of hydrogen-bond acceptors (Lipinski definition) is 5. The zero-order chi connectivity index (χ0) is 20.8. The summed E-state index contributed by atoms with van der Waals surface area (Å²) in [6.07, 6.45) is 0. The van der Waals surface area contributed by atoms with Crippen LogP contribution in [-0.4, -0.2) is 17.5 Å². The smallest absolute Gasteiger partial charge is 0.246 e. The highest BCUT2D eigenvalue weighted by Gasteiger charge is 2.06. The monoisotopic (exact) mass is 422 g/mol. The number of thiazole rings is 1. The molecule has 4 rings (SSSR count). The molecular formula is C23H19FN2O3S. The third kappa shape index (κ3) is 5.40. The number of nitrogens with zero attached hydrogens (tertiary/aromatic N) is 1. The topological polar surface area (TPSA) is 60.5 Å². The molecule has 0 fully saturated rings. The van der Waals surface area contributed by atoms with Gasteiger partial charge in [0.2, 0.25) is 5.91 Å². The fourth-order valence-corrected chi connectivity index (χ4v) is 3.68. The maximum absolute atomic E-state index is 12.9. The molecule has 30 heavy (non-hydrogen) atoms. The van der Waals surface area contributed by atoms with E-state index in [1.807, 2.05) is 36.4 Å². The first-order chi connectivity index (χ1) is 14.7. The summed E-state index contributed by atoms with van der Waals surface area (Å²) in [4.78, 5) is 16.5. The molecule has 4 aromatic rings. The first-order valence-electron chi connectivity index (χ1n) is 9.37. The van der Waals surface area contributed by atoms with Gasteiger partial charge < -0.3 is 14.8 Å². The number of ether oxygens (including phenoxy) is 2. The zero-order valence-corrected chi connectivity index (χ0v) is 16.8. The number of amides is 1. The van der Waals surface area contributed by atoms with Crippen LogP contribution in [0, 0.1) is 5.82 Å². The zero-order valence-electron chi connectivity index (χ0n) is 16.0.